The van der Waals surface area contributed by atoms with E-state index in [1.807, 2.05) is 59.2 Å². The van der Waals surface area contributed by atoms with E-state index in [1.54, 1.807) is 11.3 Å². The largest absolute Gasteiger partial charge is 0.484 e. The molecule has 0 unspecified atom stereocenters. The maximum absolute atomic E-state index is 12.1. The zero-order chi connectivity index (χ0) is 18.5. The van der Waals surface area contributed by atoms with Crippen molar-refractivity contribution in [2.24, 2.45) is 0 Å². The second-order valence-electron chi connectivity index (χ2n) is 5.98. The Morgan fingerprint density at radius 1 is 1.22 bits per heavy atom. The third-order valence-electron chi connectivity index (χ3n) is 3.98. The highest BCUT2D eigenvalue weighted by Crippen LogP contribution is 2.43. The van der Waals surface area contributed by atoms with Gasteiger partial charge in [0.15, 0.2) is 12.4 Å². The van der Waals surface area contributed by atoms with Crippen molar-refractivity contribution >= 4 is 46.6 Å². The second-order valence-corrected chi connectivity index (χ2v) is 9.65. The van der Waals surface area contributed by atoms with Crippen LogP contribution >= 0.6 is 34.9 Å². The van der Waals surface area contributed by atoms with E-state index < -0.39 is 0 Å². The SMILES string of the molecule is O=C(COc1ccc(C2SCCCS2)cc1)Nc1cc(-c2cccs2)[nH]n1. The average Bonchev–Trinajstić information content (AvgIpc) is 3.39. The normalized spacial score (nSPS) is 14.8. The van der Waals surface area contributed by atoms with Crippen LogP contribution in [0.2, 0.25) is 0 Å². The van der Waals surface area contributed by atoms with Crippen molar-refractivity contribution in [1.29, 1.82) is 0 Å². The zero-order valence-electron chi connectivity index (χ0n) is 14.5. The molecule has 1 aliphatic rings. The molecule has 1 aliphatic heterocycles. The number of nitrogens with zero attached hydrogens (tertiary/aromatic N) is 1. The highest BCUT2D eigenvalue weighted by Gasteiger charge is 2.16. The summed E-state index contributed by atoms with van der Waals surface area (Å²) in [6, 6.07) is 13.8. The summed E-state index contributed by atoms with van der Waals surface area (Å²) in [5.41, 5.74) is 2.19. The van der Waals surface area contributed by atoms with Gasteiger partial charge in [-0.25, -0.2) is 0 Å². The van der Waals surface area contributed by atoms with Gasteiger partial charge in [0.2, 0.25) is 0 Å². The lowest BCUT2D eigenvalue weighted by molar-refractivity contribution is -0.118. The van der Waals surface area contributed by atoms with Crippen LogP contribution in [-0.2, 0) is 4.79 Å². The number of anilines is 1. The molecule has 0 atom stereocenters. The molecule has 0 saturated carbocycles. The van der Waals surface area contributed by atoms with Gasteiger partial charge in [-0.2, -0.15) is 5.10 Å². The minimum atomic E-state index is -0.235. The molecule has 3 heterocycles. The van der Waals surface area contributed by atoms with E-state index in [1.165, 1.54) is 23.5 Å². The van der Waals surface area contributed by atoms with Crippen molar-refractivity contribution < 1.29 is 9.53 Å². The van der Waals surface area contributed by atoms with Gasteiger partial charge in [-0.1, -0.05) is 18.2 Å². The lowest BCUT2D eigenvalue weighted by Gasteiger charge is -2.21. The number of benzene rings is 1. The highest BCUT2D eigenvalue weighted by atomic mass is 32.2. The summed E-state index contributed by atoms with van der Waals surface area (Å²) in [5, 5.41) is 11.8. The summed E-state index contributed by atoms with van der Waals surface area (Å²) in [4.78, 5) is 13.2. The molecule has 3 aromatic rings. The molecule has 1 saturated heterocycles. The standard InChI is InChI=1S/C19H19N3O2S3/c23-18(20-17-11-15(21-22-17)16-3-1-8-25-16)12-24-14-6-4-13(5-7-14)19-26-9-2-10-27-19/h1,3-8,11,19H,2,9-10,12H2,(H2,20,21,22,23). The van der Waals surface area contributed by atoms with Crippen LogP contribution in [0, 0.1) is 0 Å². The van der Waals surface area contributed by atoms with Crippen LogP contribution in [0.15, 0.2) is 47.8 Å². The van der Waals surface area contributed by atoms with Gasteiger partial charge >= 0.3 is 0 Å². The number of aromatic amines is 1. The molecule has 1 fully saturated rings. The first kappa shape index (κ1) is 18.5. The first-order valence-electron chi connectivity index (χ1n) is 8.63. The lowest BCUT2D eigenvalue weighted by atomic mass is 10.2. The van der Waals surface area contributed by atoms with Crippen LogP contribution in [0.1, 0.15) is 16.6 Å². The minimum Gasteiger partial charge on any atom is -0.484 e. The summed E-state index contributed by atoms with van der Waals surface area (Å²) in [6.45, 7) is -0.0481. The van der Waals surface area contributed by atoms with E-state index in [0.717, 1.165) is 10.6 Å². The maximum atomic E-state index is 12.1. The average molecular weight is 418 g/mol. The number of carbonyl (C=O) groups is 1. The number of hydrogen-bond donors (Lipinski definition) is 2. The number of H-pyrrole nitrogens is 1. The molecule has 27 heavy (non-hydrogen) atoms. The predicted octanol–water partition coefficient (Wildman–Crippen LogP) is 5.02. The van der Waals surface area contributed by atoms with Crippen LogP contribution in [-0.4, -0.2) is 34.2 Å². The van der Waals surface area contributed by atoms with Gasteiger partial charge < -0.3 is 10.1 Å². The van der Waals surface area contributed by atoms with Gasteiger partial charge in [-0.3, -0.25) is 9.89 Å². The predicted molar refractivity (Wildman–Crippen MR) is 115 cm³/mol. The Bertz CT molecular complexity index is 872. The topological polar surface area (TPSA) is 67.0 Å². The van der Waals surface area contributed by atoms with Crippen molar-refractivity contribution in [2.45, 2.75) is 11.0 Å². The molecule has 8 heteroatoms. The molecule has 1 amide bonds. The van der Waals surface area contributed by atoms with Gasteiger partial charge in [0.05, 0.1) is 15.2 Å². The van der Waals surface area contributed by atoms with Gasteiger partial charge in [-0.05, 0) is 47.1 Å². The van der Waals surface area contributed by atoms with E-state index in [4.69, 9.17) is 4.74 Å². The molecular formula is C19H19N3O2S3. The molecule has 0 aliphatic carbocycles. The summed E-state index contributed by atoms with van der Waals surface area (Å²) >= 11 is 5.60. The zero-order valence-corrected chi connectivity index (χ0v) is 17.0. The quantitative estimate of drug-likeness (QED) is 0.589. The first-order valence-corrected chi connectivity index (χ1v) is 11.6. The van der Waals surface area contributed by atoms with Crippen LogP contribution in [0.4, 0.5) is 5.82 Å². The van der Waals surface area contributed by atoms with Gasteiger partial charge in [0, 0.05) is 6.07 Å². The number of nitrogens with one attached hydrogen (secondary N) is 2. The summed E-state index contributed by atoms with van der Waals surface area (Å²) < 4.78 is 6.11. The fourth-order valence-corrected chi connectivity index (χ4v) is 6.26. The van der Waals surface area contributed by atoms with Crippen molar-refractivity contribution in [2.75, 3.05) is 23.4 Å². The fourth-order valence-electron chi connectivity index (χ4n) is 2.67. The molecule has 0 bridgehead atoms. The number of thioether (sulfide) groups is 2. The number of aromatic nitrogens is 2. The molecule has 0 radical (unpaired) electrons. The number of ether oxygens (including phenoxy) is 1. The van der Waals surface area contributed by atoms with Crippen LogP contribution in [0.25, 0.3) is 10.6 Å². The monoisotopic (exact) mass is 417 g/mol. The lowest BCUT2D eigenvalue weighted by Crippen LogP contribution is -2.20. The highest BCUT2D eigenvalue weighted by molar-refractivity contribution is 8.16. The Labute approximate surface area is 170 Å². The number of carbonyl (C=O) groups excluding carboxylic acids is 1. The maximum Gasteiger partial charge on any atom is 0.263 e. The minimum absolute atomic E-state index is 0.0481. The smallest absolute Gasteiger partial charge is 0.263 e. The Morgan fingerprint density at radius 2 is 2.04 bits per heavy atom. The van der Waals surface area contributed by atoms with Crippen molar-refractivity contribution in [1.82, 2.24) is 10.2 Å². The fraction of sp³-hybridized carbons (Fsp3) is 0.263. The Hall–Kier alpha value is -1.90. The van der Waals surface area contributed by atoms with E-state index in [-0.39, 0.29) is 12.5 Å². The van der Waals surface area contributed by atoms with E-state index in [9.17, 15) is 4.79 Å². The van der Waals surface area contributed by atoms with Crippen LogP contribution in [0.5, 0.6) is 5.75 Å². The molecule has 2 N–H and O–H groups in total. The molecule has 1 aromatic carbocycles. The first-order chi connectivity index (χ1) is 13.3. The number of amides is 1. The third kappa shape index (κ3) is 4.88. The summed E-state index contributed by atoms with van der Waals surface area (Å²) in [5.74, 6) is 3.39. The van der Waals surface area contributed by atoms with Crippen LogP contribution in [0.3, 0.4) is 0 Å². The van der Waals surface area contributed by atoms with E-state index >= 15 is 0 Å². The summed E-state index contributed by atoms with van der Waals surface area (Å²) in [6.07, 6.45) is 1.28. The number of hydrogen-bond acceptors (Lipinski definition) is 6. The van der Waals surface area contributed by atoms with E-state index in [0.29, 0.717) is 16.1 Å². The van der Waals surface area contributed by atoms with Crippen molar-refractivity contribution in [3.63, 3.8) is 0 Å². The molecule has 4 rings (SSSR count). The molecular weight excluding hydrogens is 398 g/mol. The summed E-state index contributed by atoms with van der Waals surface area (Å²) in [7, 11) is 0. The van der Waals surface area contributed by atoms with Gasteiger partial charge in [-0.15, -0.1) is 34.9 Å². The van der Waals surface area contributed by atoms with Crippen LogP contribution < -0.4 is 10.1 Å². The van der Waals surface area contributed by atoms with E-state index in [2.05, 4.69) is 27.6 Å². The van der Waals surface area contributed by atoms with Crippen molar-refractivity contribution in [3.8, 4) is 16.3 Å². The van der Waals surface area contributed by atoms with Gasteiger partial charge in [0.1, 0.15) is 5.75 Å². The Kier molecular flexibility index (Phi) is 6.06. The second kappa shape index (κ2) is 8.86. The van der Waals surface area contributed by atoms with Crippen molar-refractivity contribution in [3.05, 3.63) is 53.4 Å². The molecule has 140 valence electrons. The molecule has 0 spiro atoms. The molecule has 5 nitrogen and oxygen atoms in total. The Morgan fingerprint density at radius 3 is 2.78 bits per heavy atom. The number of rotatable bonds is 6. The third-order valence-corrected chi connectivity index (χ3v) is 7.90. The van der Waals surface area contributed by atoms with Gasteiger partial charge in [0.25, 0.3) is 5.91 Å². The number of thiophene rings is 1. The molecule has 2 aromatic heterocycles. The Balaban J connectivity index is 1.27.